The van der Waals surface area contributed by atoms with Crippen LogP contribution in [0.15, 0.2) is 72.7 Å². The summed E-state index contributed by atoms with van der Waals surface area (Å²) in [5.41, 5.74) is 14.4. The van der Waals surface area contributed by atoms with E-state index in [4.69, 9.17) is 17.3 Å². The molecule has 0 unspecified atom stereocenters. The maximum Gasteiger partial charge on any atom is 0.0598 e. The van der Waals surface area contributed by atoms with Crippen molar-refractivity contribution in [3.05, 3.63) is 94.4 Å². The van der Waals surface area contributed by atoms with Crippen LogP contribution in [-0.2, 0) is 12.8 Å². The second-order valence-corrected chi connectivity index (χ2v) is 8.73. The van der Waals surface area contributed by atoms with E-state index in [2.05, 4.69) is 79.9 Å². The van der Waals surface area contributed by atoms with Crippen molar-refractivity contribution in [2.24, 2.45) is 5.73 Å². The Kier molecular flexibility index (Phi) is 8.60. The van der Waals surface area contributed by atoms with Crippen LogP contribution in [0.2, 0.25) is 5.02 Å². The molecule has 0 amide bonds. The number of rotatable bonds is 9. The number of nitrogens with two attached hydrogens (primary N) is 1. The van der Waals surface area contributed by atoms with Crippen LogP contribution >= 0.6 is 11.6 Å². The first kappa shape index (κ1) is 24.2. The quantitative estimate of drug-likeness (QED) is 0.457. The fourth-order valence-corrected chi connectivity index (χ4v) is 4.52. The number of allylic oxidation sites excluding steroid dienone is 2. The van der Waals surface area contributed by atoms with Gasteiger partial charge in [0.25, 0.3) is 0 Å². The molecule has 32 heavy (non-hydrogen) atoms. The largest absolute Gasteiger partial charge is 0.349 e. The van der Waals surface area contributed by atoms with Gasteiger partial charge in [0, 0.05) is 30.5 Å². The van der Waals surface area contributed by atoms with Crippen LogP contribution in [0.3, 0.4) is 0 Å². The van der Waals surface area contributed by atoms with Gasteiger partial charge in [0.2, 0.25) is 0 Å². The number of likely N-dealkylation sites (N-methyl/N-ethyl adjacent to an activating group) is 2. The zero-order valence-electron chi connectivity index (χ0n) is 19.7. The Hall–Kier alpha value is -2.49. The highest BCUT2D eigenvalue weighted by Crippen LogP contribution is 2.32. The average molecular weight is 450 g/mol. The van der Waals surface area contributed by atoms with Gasteiger partial charge in [0.05, 0.1) is 11.4 Å². The van der Waals surface area contributed by atoms with E-state index in [0.29, 0.717) is 0 Å². The van der Waals surface area contributed by atoms with E-state index >= 15 is 0 Å². The molecule has 0 spiro atoms. The van der Waals surface area contributed by atoms with Gasteiger partial charge in [-0.3, -0.25) is 0 Å². The van der Waals surface area contributed by atoms with E-state index in [1.54, 1.807) is 0 Å². The molecule has 3 rings (SSSR count). The molecule has 4 heteroatoms. The second-order valence-electron chi connectivity index (χ2n) is 8.29. The molecule has 3 nitrogen and oxygen atoms in total. The molecule has 2 N–H and O–H groups in total. The van der Waals surface area contributed by atoms with Crippen molar-refractivity contribution in [2.45, 2.75) is 46.0 Å². The van der Waals surface area contributed by atoms with E-state index < -0.39 is 0 Å². The molecule has 2 aromatic rings. The number of aryl methyl sites for hydroxylation is 2. The monoisotopic (exact) mass is 449 g/mol. The number of halogens is 1. The highest BCUT2D eigenvalue weighted by atomic mass is 35.5. The molecule has 1 aliphatic rings. The summed E-state index contributed by atoms with van der Waals surface area (Å²) < 4.78 is 0. The summed E-state index contributed by atoms with van der Waals surface area (Å²) in [4.78, 5) is 4.52. The van der Waals surface area contributed by atoms with Crippen molar-refractivity contribution in [1.82, 2.24) is 4.90 Å². The van der Waals surface area contributed by atoms with E-state index in [1.165, 1.54) is 28.0 Å². The zero-order valence-corrected chi connectivity index (χ0v) is 20.5. The van der Waals surface area contributed by atoms with Crippen molar-refractivity contribution in [1.29, 1.82) is 0 Å². The van der Waals surface area contributed by atoms with Crippen molar-refractivity contribution in [3.8, 4) is 0 Å². The predicted octanol–water partition coefficient (Wildman–Crippen LogP) is 6.78. The van der Waals surface area contributed by atoms with Gasteiger partial charge < -0.3 is 15.5 Å². The summed E-state index contributed by atoms with van der Waals surface area (Å²) >= 11 is 6.08. The summed E-state index contributed by atoms with van der Waals surface area (Å²) in [6, 6.07) is 14.9. The highest BCUT2D eigenvalue weighted by molar-refractivity contribution is 6.30. The number of hydrogen-bond donors (Lipinski definition) is 1. The minimum absolute atomic E-state index is 0.731. The van der Waals surface area contributed by atoms with Crippen LogP contribution in [0.1, 0.15) is 49.8 Å². The van der Waals surface area contributed by atoms with E-state index in [9.17, 15) is 0 Å². The van der Waals surface area contributed by atoms with Gasteiger partial charge >= 0.3 is 0 Å². The third kappa shape index (κ3) is 5.65. The lowest BCUT2D eigenvalue weighted by Crippen LogP contribution is -2.27. The smallest absolute Gasteiger partial charge is 0.0598 e. The molecule has 0 fully saturated rings. The van der Waals surface area contributed by atoms with Gasteiger partial charge in [0.1, 0.15) is 0 Å². The summed E-state index contributed by atoms with van der Waals surface area (Å²) in [6.07, 6.45) is 9.59. The molecule has 0 saturated heterocycles. The Labute approximate surface area is 198 Å². The van der Waals surface area contributed by atoms with Gasteiger partial charge in [-0.2, -0.15) is 0 Å². The molecular weight excluding hydrogens is 414 g/mol. The molecule has 2 aromatic carbocycles. The minimum Gasteiger partial charge on any atom is -0.349 e. The third-order valence-corrected chi connectivity index (χ3v) is 6.42. The van der Waals surface area contributed by atoms with Crippen LogP contribution < -0.4 is 10.6 Å². The van der Waals surface area contributed by atoms with Crippen LogP contribution in [0.4, 0.5) is 5.69 Å². The Morgan fingerprint density at radius 1 is 1.12 bits per heavy atom. The minimum atomic E-state index is 0.731. The lowest BCUT2D eigenvalue weighted by molar-refractivity contribution is 0.575. The summed E-state index contributed by atoms with van der Waals surface area (Å²) in [5, 5.41) is 0.766. The Morgan fingerprint density at radius 3 is 2.53 bits per heavy atom. The SMILES string of the molecule is C=C(C1=CCCC(c2ccc(Cl)cc2)=CN1C)N(CC)c1ccc(CCCN)c(CC)c1. The van der Waals surface area contributed by atoms with Crippen LogP contribution in [0, 0.1) is 0 Å². The first-order valence-electron chi connectivity index (χ1n) is 11.7. The highest BCUT2D eigenvalue weighted by Gasteiger charge is 2.19. The molecule has 0 atom stereocenters. The van der Waals surface area contributed by atoms with Crippen LogP contribution in [0.5, 0.6) is 0 Å². The lowest BCUT2D eigenvalue weighted by Gasteiger charge is -2.31. The lowest BCUT2D eigenvalue weighted by atomic mass is 9.99. The number of anilines is 1. The zero-order chi connectivity index (χ0) is 23.1. The van der Waals surface area contributed by atoms with E-state index in [1.807, 2.05) is 12.1 Å². The summed E-state index contributed by atoms with van der Waals surface area (Å²) in [6.45, 7) is 10.5. The Morgan fingerprint density at radius 2 is 1.88 bits per heavy atom. The maximum atomic E-state index is 6.08. The van der Waals surface area contributed by atoms with Gasteiger partial charge in [0.15, 0.2) is 0 Å². The summed E-state index contributed by atoms with van der Waals surface area (Å²) in [5.74, 6) is 0. The molecule has 1 heterocycles. The molecule has 0 aromatic heterocycles. The fraction of sp³-hybridized carbons (Fsp3) is 0.357. The van der Waals surface area contributed by atoms with Crippen LogP contribution in [0.25, 0.3) is 5.57 Å². The fourth-order valence-electron chi connectivity index (χ4n) is 4.39. The first-order chi connectivity index (χ1) is 15.5. The van der Waals surface area contributed by atoms with E-state index in [-0.39, 0.29) is 0 Å². The molecular formula is C28H36ClN3. The Balaban J connectivity index is 1.84. The molecule has 0 aliphatic carbocycles. The van der Waals surface area contributed by atoms with Crippen LogP contribution in [-0.4, -0.2) is 25.0 Å². The van der Waals surface area contributed by atoms with Crippen molar-refractivity contribution < 1.29 is 0 Å². The van der Waals surface area contributed by atoms with E-state index in [0.717, 1.165) is 61.6 Å². The number of hydrogen-bond acceptors (Lipinski definition) is 3. The van der Waals surface area contributed by atoms with Crippen molar-refractivity contribution in [3.63, 3.8) is 0 Å². The molecule has 0 saturated carbocycles. The molecule has 170 valence electrons. The maximum absolute atomic E-state index is 6.08. The van der Waals surface area contributed by atoms with Crippen molar-refractivity contribution >= 4 is 22.9 Å². The third-order valence-electron chi connectivity index (χ3n) is 6.17. The second kappa shape index (κ2) is 11.4. The van der Waals surface area contributed by atoms with Crippen molar-refractivity contribution in [2.75, 3.05) is 25.0 Å². The number of benzene rings is 2. The van der Waals surface area contributed by atoms with Gasteiger partial charge in [-0.25, -0.2) is 0 Å². The first-order valence-corrected chi connectivity index (χ1v) is 12.0. The average Bonchev–Trinajstić information content (AvgIpc) is 3.00. The van der Waals surface area contributed by atoms with Gasteiger partial charge in [-0.1, -0.05) is 49.4 Å². The molecule has 0 bridgehead atoms. The van der Waals surface area contributed by atoms with Gasteiger partial charge in [-0.05, 0) is 92.1 Å². The standard InChI is InChI=1S/C28H36ClN3/c1-5-22-19-27(17-14-23(22)10-8-18-30)32(6-2)21(3)28-11-7-9-25(20-31(28)4)24-12-15-26(29)16-13-24/h11-17,19-20H,3,5-10,18,30H2,1-2,4H3. The molecule has 0 radical (unpaired) electrons. The number of nitrogens with zero attached hydrogens (tertiary/aromatic N) is 2. The normalized spacial score (nSPS) is 14.0. The predicted molar refractivity (Wildman–Crippen MR) is 140 cm³/mol. The van der Waals surface area contributed by atoms with Gasteiger partial charge in [-0.15, -0.1) is 0 Å². The summed E-state index contributed by atoms with van der Waals surface area (Å²) in [7, 11) is 2.11. The Bertz CT molecular complexity index is 988. The topological polar surface area (TPSA) is 32.5 Å². The molecule has 1 aliphatic heterocycles.